The normalized spacial score (nSPS) is 15.8. The predicted molar refractivity (Wildman–Crippen MR) is 176 cm³/mol. The minimum atomic E-state index is -1.14. The van der Waals surface area contributed by atoms with Crippen LogP contribution in [0.3, 0.4) is 0 Å². The van der Waals surface area contributed by atoms with Crippen molar-refractivity contribution in [3.8, 4) is 11.5 Å². The first kappa shape index (κ1) is 31.5. The van der Waals surface area contributed by atoms with Gasteiger partial charge in [-0.25, -0.2) is 14.8 Å². The number of ketones is 1. The monoisotopic (exact) mass is 652 g/mol. The number of carbonyl (C=O) groups excluding carboxylic acids is 3. The van der Waals surface area contributed by atoms with Gasteiger partial charge in [-0.3, -0.25) is 14.5 Å². The summed E-state index contributed by atoms with van der Waals surface area (Å²) in [6.45, 7) is 7.43. The van der Waals surface area contributed by atoms with Crippen LogP contribution in [-0.4, -0.2) is 50.9 Å². The Morgan fingerprint density at radius 2 is 1.77 bits per heavy atom. The van der Waals surface area contributed by atoms with Gasteiger partial charge in [-0.2, -0.15) is 0 Å². The van der Waals surface area contributed by atoms with Crippen LogP contribution in [0, 0.1) is 20.8 Å². The number of aromatic nitrogens is 3. The van der Waals surface area contributed by atoms with Gasteiger partial charge in [0.15, 0.2) is 22.4 Å². The standard InChI is InChI=1S/C35H32N4O7S/c1-6-45-34(43)31-20(3)36-35(47-31)39-28(23-14-15-24(25(17-23)44-5)46-18-22-12-8-7-9-13-22)26(30(41)33(39)42)29(40)27-21(4)38-16-10-11-19(2)32(38)37-27/h7-17,28,40H,6,18H2,1-5H3/b29-26+. The minimum absolute atomic E-state index is 0.0997. The number of nitrogens with zero attached hydrogens (tertiary/aromatic N) is 4. The molecule has 2 aromatic carbocycles. The fourth-order valence-corrected chi connectivity index (χ4v) is 6.59. The molecule has 5 aromatic rings. The Balaban J connectivity index is 1.51. The molecule has 1 atom stereocenters. The molecule has 0 spiro atoms. The van der Waals surface area contributed by atoms with Crippen LogP contribution < -0.4 is 14.4 Å². The van der Waals surface area contributed by atoms with Gasteiger partial charge in [0.2, 0.25) is 0 Å². The molecule has 240 valence electrons. The second-order valence-electron chi connectivity index (χ2n) is 10.9. The molecule has 0 aliphatic carbocycles. The van der Waals surface area contributed by atoms with E-state index in [1.807, 2.05) is 60.0 Å². The smallest absolute Gasteiger partial charge is 0.350 e. The fraction of sp³-hybridized carbons (Fsp3) is 0.229. The van der Waals surface area contributed by atoms with Crippen molar-refractivity contribution in [1.82, 2.24) is 14.4 Å². The lowest BCUT2D eigenvalue weighted by molar-refractivity contribution is -0.132. The van der Waals surface area contributed by atoms with Crippen molar-refractivity contribution in [3.63, 3.8) is 0 Å². The van der Waals surface area contributed by atoms with Gasteiger partial charge in [0.05, 0.1) is 36.7 Å². The number of anilines is 1. The van der Waals surface area contributed by atoms with Gasteiger partial charge in [0, 0.05) is 6.20 Å². The average Bonchev–Trinajstić information content (AvgIpc) is 3.71. The zero-order valence-corrected chi connectivity index (χ0v) is 27.3. The topological polar surface area (TPSA) is 133 Å². The molecule has 4 heterocycles. The van der Waals surface area contributed by atoms with E-state index in [2.05, 4.69) is 9.97 Å². The number of aliphatic hydroxyl groups excluding tert-OH is 1. The summed E-state index contributed by atoms with van der Waals surface area (Å²) >= 11 is 0.934. The van der Waals surface area contributed by atoms with E-state index >= 15 is 0 Å². The Hall–Kier alpha value is -5.49. The maximum absolute atomic E-state index is 13.9. The van der Waals surface area contributed by atoms with Crippen molar-refractivity contribution >= 4 is 45.5 Å². The average molecular weight is 653 g/mol. The van der Waals surface area contributed by atoms with E-state index in [1.165, 1.54) is 12.0 Å². The molecule has 1 unspecified atom stereocenters. The minimum Gasteiger partial charge on any atom is -0.505 e. The molecule has 11 nitrogen and oxygen atoms in total. The third-order valence-corrected chi connectivity index (χ3v) is 9.08. The van der Waals surface area contributed by atoms with Crippen LogP contribution in [0.25, 0.3) is 11.4 Å². The summed E-state index contributed by atoms with van der Waals surface area (Å²) in [6, 6.07) is 17.3. The molecule has 3 aromatic heterocycles. The highest BCUT2D eigenvalue weighted by atomic mass is 32.1. The van der Waals surface area contributed by atoms with Gasteiger partial charge >= 0.3 is 11.9 Å². The molecule has 12 heteroatoms. The summed E-state index contributed by atoms with van der Waals surface area (Å²) in [5.41, 5.74) is 3.80. The maximum atomic E-state index is 13.9. The lowest BCUT2D eigenvalue weighted by Gasteiger charge is -2.24. The van der Waals surface area contributed by atoms with E-state index < -0.39 is 29.5 Å². The van der Waals surface area contributed by atoms with E-state index in [4.69, 9.17) is 14.2 Å². The number of Topliss-reactive ketones (excluding diaryl/α,β-unsaturated/α-hetero) is 1. The van der Waals surface area contributed by atoms with Gasteiger partial charge in [-0.05, 0) is 62.6 Å². The second-order valence-corrected chi connectivity index (χ2v) is 11.9. The Bertz CT molecular complexity index is 2060. The lowest BCUT2D eigenvalue weighted by Crippen LogP contribution is -2.29. The van der Waals surface area contributed by atoms with Gasteiger partial charge in [0.1, 0.15) is 22.8 Å². The molecule has 1 amide bonds. The van der Waals surface area contributed by atoms with Gasteiger partial charge < -0.3 is 23.7 Å². The lowest BCUT2D eigenvalue weighted by atomic mass is 9.96. The number of esters is 1. The van der Waals surface area contributed by atoms with Crippen LogP contribution in [0.2, 0.25) is 0 Å². The molecule has 6 rings (SSSR count). The molecule has 1 fully saturated rings. The van der Waals surface area contributed by atoms with Crippen molar-refractivity contribution in [2.24, 2.45) is 0 Å². The SMILES string of the molecule is CCOC(=O)c1sc(N2C(=O)C(=O)/C(=C(/O)c3nc4c(C)cccn4c3C)C2c2ccc(OCc3ccccc3)c(OC)c2)nc1C. The number of fused-ring (bicyclic) bond motifs is 1. The molecule has 1 aliphatic rings. The molecule has 1 saturated heterocycles. The number of amides is 1. The molecule has 1 N–H and O–H groups in total. The molecule has 1 aliphatic heterocycles. The number of methoxy groups -OCH3 is 1. The molecule has 0 radical (unpaired) electrons. The number of hydrogen-bond donors (Lipinski definition) is 1. The number of ether oxygens (including phenoxy) is 3. The second kappa shape index (κ2) is 12.7. The predicted octanol–water partition coefficient (Wildman–Crippen LogP) is 6.11. The van der Waals surface area contributed by atoms with Crippen LogP contribution in [0.15, 0.2) is 72.4 Å². The molecule has 0 bridgehead atoms. The van der Waals surface area contributed by atoms with E-state index in [0.29, 0.717) is 34.1 Å². The number of imidazole rings is 1. The Morgan fingerprint density at radius 3 is 2.47 bits per heavy atom. The molecule has 47 heavy (non-hydrogen) atoms. The van der Waals surface area contributed by atoms with Crippen LogP contribution in [0.5, 0.6) is 11.5 Å². The third kappa shape index (κ3) is 5.61. The third-order valence-electron chi connectivity index (χ3n) is 7.95. The van der Waals surface area contributed by atoms with Gasteiger partial charge in [-0.15, -0.1) is 0 Å². The maximum Gasteiger partial charge on any atom is 0.350 e. The Kier molecular flexibility index (Phi) is 8.52. The summed E-state index contributed by atoms with van der Waals surface area (Å²) in [5.74, 6) is -2.06. The fourth-order valence-electron chi connectivity index (χ4n) is 5.60. The highest BCUT2D eigenvalue weighted by molar-refractivity contribution is 7.17. The van der Waals surface area contributed by atoms with Crippen LogP contribution in [-0.2, 0) is 20.9 Å². The first-order valence-corrected chi connectivity index (χ1v) is 15.7. The number of pyridine rings is 1. The van der Waals surface area contributed by atoms with Crippen molar-refractivity contribution in [3.05, 3.63) is 111 Å². The quantitative estimate of drug-likeness (QED) is 0.0867. The molecular formula is C35H32N4O7S. The van der Waals surface area contributed by atoms with Crippen LogP contribution in [0.4, 0.5) is 5.13 Å². The number of aliphatic hydroxyl groups is 1. The van der Waals surface area contributed by atoms with E-state index in [9.17, 15) is 19.5 Å². The number of benzene rings is 2. The molecule has 0 saturated carbocycles. The van der Waals surface area contributed by atoms with Crippen molar-refractivity contribution in [1.29, 1.82) is 0 Å². The van der Waals surface area contributed by atoms with E-state index in [-0.39, 0.29) is 34.5 Å². The number of rotatable bonds is 9. The van der Waals surface area contributed by atoms with Gasteiger partial charge in [0.25, 0.3) is 5.78 Å². The Labute approximate surface area is 274 Å². The van der Waals surface area contributed by atoms with E-state index in [1.54, 1.807) is 39.0 Å². The number of carbonyl (C=O) groups is 3. The summed E-state index contributed by atoms with van der Waals surface area (Å²) < 4.78 is 18.7. The summed E-state index contributed by atoms with van der Waals surface area (Å²) in [6.07, 6.45) is 1.81. The summed E-state index contributed by atoms with van der Waals surface area (Å²) in [4.78, 5) is 51.0. The van der Waals surface area contributed by atoms with Gasteiger partial charge in [-0.1, -0.05) is 53.8 Å². The zero-order valence-electron chi connectivity index (χ0n) is 26.4. The number of hydrogen-bond acceptors (Lipinski definition) is 10. The van der Waals surface area contributed by atoms with Crippen LogP contribution in [0.1, 0.15) is 56.4 Å². The van der Waals surface area contributed by atoms with E-state index in [0.717, 1.165) is 22.5 Å². The highest BCUT2D eigenvalue weighted by Crippen LogP contribution is 2.46. The summed E-state index contributed by atoms with van der Waals surface area (Å²) in [5, 5.41) is 11.9. The van der Waals surface area contributed by atoms with Crippen molar-refractivity contribution in [2.75, 3.05) is 18.6 Å². The first-order chi connectivity index (χ1) is 22.6. The Morgan fingerprint density at radius 1 is 1.00 bits per heavy atom. The summed E-state index contributed by atoms with van der Waals surface area (Å²) in [7, 11) is 1.49. The first-order valence-electron chi connectivity index (χ1n) is 14.9. The highest BCUT2D eigenvalue weighted by Gasteiger charge is 2.49. The number of aryl methyl sites for hydroxylation is 3. The van der Waals surface area contributed by atoms with Crippen molar-refractivity contribution < 1.29 is 33.7 Å². The zero-order chi connectivity index (χ0) is 33.4. The number of thiazole rings is 1. The largest absolute Gasteiger partial charge is 0.505 e. The molecular weight excluding hydrogens is 620 g/mol. The van der Waals surface area contributed by atoms with Crippen LogP contribution >= 0.6 is 11.3 Å². The van der Waals surface area contributed by atoms with Crippen molar-refractivity contribution in [2.45, 2.75) is 40.3 Å².